The van der Waals surface area contributed by atoms with Gasteiger partial charge in [0.05, 0.1) is 7.11 Å². The van der Waals surface area contributed by atoms with Crippen molar-refractivity contribution in [3.05, 3.63) is 29.6 Å². The second-order valence-electron chi connectivity index (χ2n) is 7.87. The quantitative estimate of drug-likeness (QED) is 0.814. The largest absolute Gasteiger partial charge is 0.494 e. The maximum atomic E-state index is 13.9. The molecule has 0 saturated carbocycles. The number of hydrogen-bond donors (Lipinski definition) is 0. The summed E-state index contributed by atoms with van der Waals surface area (Å²) in [6.07, 6.45) is 4.60. The minimum Gasteiger partial charge on any atom is -0.494 e. The van der Waals surface area contributed by atoms with Crippen LogP contribution in [0.15, 0.2) is 18.2 Å². The molecule has 2 aliphatic rings. The molecule has 1 spiro atoms. The van der Waals surface area contributed by atoms with Gasteiger partial charge < -0.3 is 9.47 Å². The first-order valence-electron chi connectivity index (χ1n) is 9.15. The number of nitrogens with zero attached hydrogens (tertiary/aromatic N) is 1. The SMILES string of the molecule is COc1ccc(CC(C)CN2CC3(CCOCC3)CC2C)cc1F. The molecule has 2 atom stereocenters. The standard InChI is InChI=1S/C20H30FNO2/c1-15(10-17-4-5-19(23-3)18(21)11-17)13-22-14-20(12-16(22)2)6-8-24-9-7-20/h4-5,11,15-16H,6-10,12-14H2,1-3H3. The van der Waals surface area contributed by atoms with Crippen molar-refractivity contribution in [2.24, 2.45) is 11.3 Å². The summed E-state index contributed by atoms with van der Waals surface area (Å²) in [4.78, 5) is 2.63. The highest BCUT2D eigenvalue weighted by Crippen LogP contribution is 2.43. The molecule has 0 amide bonds. The lowest BCUT2D eigenvalue weighted by molar-refractivity contribution is 0.0188. The molecule has 0 aliphatic carbocycles. The predicted molar refractivity (Wildman–Crippen MR) is 94.0 cm³/mol. The Balaban J connectivity index is 1.56. The summed E-state index contributed by atoms with van der Waals surface area (Å²) in [5.74, 6) is 0.564. The van der Waals surface area contributed by atoms with Crippen LogP contribution in [0.25, 0.3) is 0 Å². The van der Waals surface area contributed by atoms with Gasteiger partial charge in [0.2, 0.25) is 0 Å². The Hall–Kier alpha value is -1.13. The van der Waals surface area contributed by atoms with Crippen LogP contribution in [0, 0.1) is 17.2 Å². The molecule has 2 unspecified atom stereocenters. The molecule has 3 rings (SSSR count). The van der Waals surface area contributed by atoms with Crippen LogP contribution in [0.2, 0.25) is 0 Å². The monoisotopic (exact) mass is 335 g/mol. The van der Waals surface area contributed by atoms with E-state index in [0.29, 0.717) is 23.1 Å². The molecule has 0 aromatic heterocycles. The lowest BCUT2D eigenvalue weighted by Crippen LogP contribution is -2.36. The smallest absolute Gasteiger partial charge is 0.165 e. The molecule has 1 aromatic carbocycles. The second kappa shape index (κ2) is 7.40. The zero-order valence-corrected chi connectivity index (χ0v) is 15.2. The molecule has 0 radical (unpaired) electrons. The predicted octanol–water partition coefficient (Wildman–Crippen LogP) is 3.90. The van der Waals surface area contributed by atoms with E-state index >= 15 is 0 Å². The molecular weight excluding hydrogens is 305 g/mol. The fourth-order valence-electron chi connectivity index (χ4n) is 4.52. The minimum atomic E-state index is -0.266. The van der Waals surface area contributed by atoms with E-state index in [9.17, 15) is 4.39 Å². The Bertz CT molecular complexity index is 557. The molecule has 134 valence electrons. The molecule has 2 fully saturated rings. The average Bonchev–Trinajstić information content (AvgIpc) is 2.83. The Morgan fingerprint density at radius 2 is 2.12 bits per heavy atom. The first-order chi connectivity index (χ1) is 11.5. The zero-order chi connectivity index (χ0) is 17.2. The van der Waals surface area contributed by atoms with E-state index in [1.807, 2.05) is 6.07 Å². The first-order valence-corrected chi connectivity index (χ1v) is 9.15. The Morgan fingerprint density at radius 3 is 2.79 bits per heavy atom. The van der Waals surface area contributed by atoms with Gasteiger partial charge in [-0.1, -0.05) is 13.0 Å². The third-order valence-corrected chi connectivity index (χ3v) is 5.79. The lowest BCUT2D eigenvalue weighted by atomic mass is 9.78. The van der Waals surface area contributed by atoms with E-state index in [2.05, 4.69) is 18.7 Å². The van der Waals surface area contributed by atoms with Crippen LogP contribution < -0.4 is 4.74 Å². The van der Waals surface area contributed by atoms with E-state index in [1.54, 1.807) is 12.1 Å². The van der Waals surface area contributed by atoms with Gasteiger partial charge in [0.25, 0.3) is 0 Å². The van der Waals surface area contributed by atoms with Crippen molar-refractivity contribution in [1.29, 1.82) is 0 Å². The maximum absolute atomic E-state index is 13.9. The van der Waals surface area contributed by atoms with Crippen molar-refractivity contribution < 1.29 is 13.9 Å². The van der Waals surface area contributed by atoms with Gasteiger partial charge in [-0.15, -0.1) is 0 Å². The summed E-state index contributed by atoms with van der Waals surface area (Å²) in [5.41, 5.74) is 1.53. The first kappa shape index (κ1) is 17.7. The van der Waals surface area contributed by atoms with Crippen molar-refractivity contribution in [3.63, 3.8) is 0 Å². The zero-order valence-electron chi connectivity index (χ0n) is 15.2. The summed E-state index contributed by atoms with van der Waals surface area (Å²) in [5, 5.41) is 0. The summed E-state index contributed by atoms with van der Waals surface area (Å²) < 4.78 is 24.4. The van der Waals surface area contributed by atoms with Crippen molar-refractivity contribution >= 4 is 0 Å². The number of rotatable bonds is 5. The summed E-state index contributed by atoms with van der Waals surface area (Å²) in [6, 6.07) is 5.96. The Kier molecular flexibility index (Phi) is 5.46. The topological polar surface area (TPSA) is 21.7 Å². The molecule has 1 aromatic rings. The minimum absolute atomic E-state index is 0.266. The number of halogens is 1. The van der Waals surface area contributed by atoms with Crippen LogP contribution in [0.1, 0.15) is 38.7 Å². The summed E-state index contributed by atoms with van der Waals surface area (Å²) in [7, 11) is 1.50. The molecule has 24 heavy (non-hydrogen) atoms. The van der Waals surface area contributed by atoms with E-state index < -0.39 is 0 Å². The molecule has 2 saturated heterocycles. The van der Waals surface area contributed by atoms with Crippen LogP contribution in [-0.4, -0.2) is 44.4 Å². The Labute approximate surface area is 145 Å². The average molecular weight is 335 g/mol. The molecular formula is C20H30FNO2. The van der Waals surface area contributed by atoms with Gasteiger partial charge in [-0.2, -0.15) is 0 Å². The molecule has 2 aliphatic heterocycles. The van der Waals surface area contributed by atoms with Crippen molar-refractivity contribution in [2.45, 2.75) is 45.6 Å². The number of likely N-dealkylation sites (tertiary alicyclic amines) is 1. The van der Waals surface area contributed by atoms with Gasteiger partial charge in [0, 0.05) is 32.3 Å². The van der Waals surface area contributed by atoms with Gasteiger partial charge in [0.15, 0.2) is 11.6 Å². The number of hydrogen-bond acceptors (Lipinski definition) is 3. The van der Waals surface area contributed by atoms with Crippen LogP contribution in [0.3, 0.4) is 0 Å². The molecule has 0 bridgehead atoms. The van der Waals surface area contributed by atoms with Crippen LogP contribution in [0.4, 0.5) is 4.39 Å². The number of ether oxygens (including phenoxy) is 2. The fourth-order valence-corrected chi connectivity index (χ4v) is 4.52. The number of benzene rings is 1. The molecule has 2 heterocycles. The van der Waals surface area contributed by atoms with Crippen molar-refractivity contribution in [2.75, 3.05) is 33.4 Å². The van der Waals surface area contributed by atoms with Gasteiger partial charge in [-0.25, -0.2) is 4.39 Å². The highest BCUT2D eigenvalue weighted by molar-refractivity contribution is 5.29. The molecule has 0 N–H and O–H groups in total. The summed E-state index contributed by atoms with van der Waals surface area (Å²) >= 11 is 0. The van der Waals surface area contributed by atoms with E-state index in [4.69, 9.17) is 9.47 Å². The molecule has 4 heteroatoms. The highest BCUT2D eigenvalue weighted by atomic mass is 19.1. The van der Waals surface area contributed by atoms with Crippen molar-refractivity contribution in [3.8, 4) is 5.75 Å². The summed E-state index contributed by atoms with van der Waals surface area (Å²) in [6.45, 7) is 8.73. The highest BCUT2D eigenvalue weighted by Gasteiger charge is 2.42. The second-order valence-corrected chi connectivity index (χ2v) is 7.87. The molecule has 3 nitrogen and oxygen atoms in total. The van der Waals surface area contributed by atoms with Gasteiger partial charge in [-0.05, 0) is 61.6 Å². The van der Waals surface area contributed by atoms with Crippen LogP contribution in [-0.2, 0) is 11.2 Å². The lowest BCUT2D eigenvalue weighted by Gasteiger charge is -2.33. The van der Waals surface area contributed by atoms with Crippen molar-refractivity contribution in [1.82, 2.24) is 4.90 Å². The van der Waals surface area contributed by atoms with Crippen LogP contribution >= 0.6 is 0 Å². The maximum Gasteiger partial charge on any atom is 0.165 e. The van der Waals surface area contributed by atoms with Crippen LogP contribution in [0.5, 0.6) is 5.75 Å². The van der Waals surface area contributed by atoms with Gasteiger partial charge in [0.1, 0.15) is 0 Å². The third kappa shape index (κ3) is 3.92. The number of methoxy groups -OCH3 is 1. The fraction of sp³-hybridized carbons (Fsp3) is 0.700. The third-order valence-electron chi connectivity index (χ3n) is 5.79. The van der Waals surface area contributed by atoms with E-state index in [-0.39, 0.29) is 5.82 Å². The van der Waals surface area contributed by atoms with Gasteiger partial charge in [-0.3, -0.25) is 4.90 Å². The Morgan fingerprint density at radius 1 is 1.38 bits per heavy atom. The van der Waals surface area contributed by atoms with E-state index in [1.165, 1.54) is 32.9 Å². The van der Waals surface area contributed by atoms with E-state index in [0.717, 1.165) is 31.7 Å². The van der Waals surface area contributed by atoms with Gasteiger partial charge >= 0.3 is 0 Å². The normalized spacial score (nSPS) is 25.1.